The van der Waals surface area contributed by atoms with E-state index in [9.17, 15) is 0 Å². The van der Waals surface area contributed by atoms with Crippen LogP contribution >= 0.6 is 35.1 Å². The Labute approximate surface area is 142 Å². The Balaban J connectivity index is 1.69. The fourth-order valence-electron chi connectivity index (χ4n) is 2.63. The summed E-state index contributed by atoms with van der Waals surface area (Å²) in [5.74, 6) is 1.05. The van der Waals surface area contributed by atoms with Crippen molar-refractivity contribution in [3.63, 3.8) is 0 Å². The number of halogens is 1. The maximum absolute atomic E-state index is 6.01. The number of nitrogens with zero attached hydrogens (tertiary/aromatic N) is 4. The van der Waals surface area contributed by atoms with E-state index < -0.39 is 0 Å². The average Bonchev–Trinajstić information content (AvgIpc) is 3.17. The van der Waals surface area contributed by atoms with Crippen molar-refractivity contribution in [1.82, 2.24) is 14.9 Å². The van der Waals surface area contributed by atoms with Crippen molar-refractivity contribution in [2.24, 2.45) is 0 Å². The fraction of sp³-hybridized carbons (Fsp3) is 0.333. The van der Waals surface area contributed by atoms with Crippen molar-refractivity contribution in [3.8, 4) is 0 Å². The van der Waals surface area contributed by atoms with E-state index in [1.807, 2.05) is 23.9 Å². The molecule has 1 aromatic carbocycles. The van der Waals surface area contributed by atoms with Crippen molar-refractivity contribution in [2.45, 2.75) is 36.7 Å². The second-order valence-electron chi connectivity index (χ2n) is 5.26. The zero-order chi connectivity index (χ0) is 15.1. The first-order chi connectivity index (χ1) is 10.8. The SMILES string of the molecule is CCCCc1nnc2n1N1C(=CSC1c1ccc(Cl)cc1)S2. The van der Waals surface area contributed by atoms with Crippen LogP contribution in [0.25, 0.3) is 0 Å². The summed E-state index contributed by atoms with van der Waals surface area (Å²) < 4.78 is 2.19. The predicted octanol–water partition coefficient (Wildman–Crippen LogP) is 4.56. The monoisotopic (exact) mass is 350 g/mol. The van der Waals surface area contributed by atoms with Gasteiger partial charge in [-0.05, 0) is 35.9 Å². The first-order valence-electron chi connectivity index (χ1n) is 7.30. The van der Waals surface area contributed by atoms with Crippen LogP contribution in [0.2, 0.25) is 5.02 Å². The predicted molar refractivity (Wildman–Crippen MR) is 92.6 cm³/mol. The molecule has 0 N–H and O–H groups in total. The molecule has 2 aliphatic heterocycles. The van der Waals surface area contributed by atoms with Crippen molar-refractivity contribution >= 4 is 35.1 Å². The van der Waals surface area contributed by atoms with Gasteiger partial charge in [-0.2, -0.15) is 0 Å². The Bertz CT molecular complexity index is 726. The number of aromatic nitrogens is 3. The highest BCUT2D eigenvalue weighted by Gasteiger charge is 2.39. The lowest BCUT2D eigenvalue weighted by Crippen LogP contribution is -2.30. The fourth-order valence-corrected chi connectivity index (χ4v) is 5.00. The third kappa shape index (κ3) is 2.33. The normalized spacial score (nSPS) is 19.3. The molecule has 22 heavy (non-hydrogen) atoms. The summed E-state index contributed by atoms with van der Waals surface area (Å²) in [7, 11) is 0. The summed E-state index contributed by atoms with van der Waals surface area (Å²) in [5, 5.41) is 16.4. The Hall–Kier alpha value is -1.11. The van der Waals surface area contributed by atoms with Gasteiger partial charge in [-0.25, -0.2) is 4.68 Å². The molecule has 114 valence electrons. The Kier molecular flexibility index (Phi) is 3.84. The molecule has 0 bridgehead atoms. The number of fused-ring (bicyclic) bond motifs is 3. The summed E-state index contributed by atoms with van der Waals surface area (Å²) in [5.41, 5.74) is 1.24. The van der Waals surface area contributed by atoms with Crippen LogP contribution in [-0.2, 0) is 6.42 Å². The highest BCUT2D eigenvalue weighted by atomic mass is 35.5. The Morgan fingerprint density at radius 1 is 1.23 bits per heavy atom. The van der Waals surface area contributed by atoms with Crippen LogP contribution in [0.1, 0.15) is 36.5 Å². The third-order valence-corrected chi connectivity index (χ3v) is 6.18. The van der Waals surface area contributed by atoms with Gasteiger partial charge in [0.15, 0.2) is 5.82 Å². The zero-order valence-electron chi connectivity index (χ0n) is 12.1. The number of hydrogen-bond acceptors (Lipinski definition) is 5. The molecule has 0 radical (unpaired) electrons. The first kappa shape index (κ1) is 14.5. The minimum atomic E-state index is 0.220. The highest BCUT2D eigenvalue weighted by Crippen LogP contribution is 2.51. The maximum atomic E-state index is 6.01. The van der Waals surface area contributed by atoms with Crippen LogP contribution in [0, 0.1) is 0 Å². The molecule has 0 aliphatic carbocycles. The molecular formula is C15H15ClN4S2. The molecule has 4 nitrogen and oxygen atoms in total. The highest BCUT2D eigenvalue weighted by molar-refractivity contribution is 8.07. The van der Waals surface area contributed by atoms with Crippen LogP contribution < -0.4 is 5.01 Å². The summed E-state index contributed by atoms with van der Waals surface area (Å²) >= 11 is 9.52. The van der Waals surface area contributed by atoms with Gasteiger partial charge in [0.25, 0.3) is 0 Å². The summed E-state index contributed by atoms with van der Waals surface area (Å²) in [6.45, 7) is 2.20. The number of benzene rings is 1. The Morgan fingerprint density at radius 2 is 2.05 bits per heavy atom. The second kappa shape index (κ2) is 5.83. The van der Waals surface area contributed by atoms with E-state index >= 15 is 0 Å². The van der Waals surface area contributed by atoms with E-state index in [1.165, 1.54) is 10.6 Å². The van der Waals surface area contributed by atoms with Crippen LogP contribution in [0.15, 0.2) is 39.9 Å². The van der Waals surface area contributed by atoms with Crippen LogP contribution in [0.4, 0.5) is 0 Å². The van der Waals surface area contributed by atoms with Gasteiger partial charge in [-0.3, -0.25) is 5.01 Å². The number of unbranched alkanes of at least 4 members (excludes halogenated alkanes) is 1. The van der Waals surface area contributed by atoms with E-state index in [0.29, 0.717) is 0 Å². The molecular weight excluding hydrogens is 336 g/mol. The van der Waals surface area contributed by atoms with Gasteiger partial charge < -0.3 is 0 Å². The summed E-state index contributed by atoms with van der Waals surface area (Å²) in [6, 6.07) is 8.08. The molecule has 1 atom stereocenters. The van der Waals surface area contributed by atoms with E-state index in [4.69, 9.17) is 11.6 Å². The van der Waals surface area contributed by atoms with Crippen LogP contribution in [-0.4, -0.2) is 14.9 Å². The smallest absolute Gasteiger partial charge is 0.216 e. The van der Waals surface area contributed by atoms with Gasteiger partial charge in [0.05, 0.1) is 0 Å². The molecule has 0 amide bonds. The van der Waals surface area contributed by atoms with Gasteiger partial charge in [0.1, 0.15) is 10.4 Å². The van der Waals surface area contributed by atoms with Crippen molar-refractivity contribution in [3.05, 3.63) is 51.1 Å². The number of aryl methyl sites for hydroxylation is 1. The standard InChI is InChI=1S/C15H15ClN4S2/c1-2-3-4-12-17-18-15-19(12)20-13(22-15)9-21-14(20)10-5-7-11(16)8-6-10/h5-9,14H,2-4H2,1H3. The van der Waals surface area contributed by atoms with Crippen LogP contribution in [0.3, 0.4) is 0 Å². The maximum Gasteiger partial charge on any atom is 0.216 e. The Morgan fingerprint density at radius 3 is 2.82 bits per heavy atom. The van der Waals surface area contributed by atoms with E-state index in [2.05, 4.69) is 44.3 Å². The summed E-state index contributed by atoms with van der Waals surface area (Å²) in [4.78, 5) is 0. The molecule has 1 unspecified atom stereocenters. The zero-order valence-corrected chi connectivity index (χ0v) is 14.5. The molecule has 0 saturated heterocycles. The van der Waals surface area contributed by atoms with Crippen molar-refractivity contribution in [2.75, 3.05) is 5.01 Å². The summed E-state index contributed by atoms with van der Waals surface area (Å²) in [6.07, 6.45) is 3.26. The second-order valence-corrected chi connectivity index (χ2v) is 7.64. The van der Waals surface area contributed by atoms with Gasteiger partial charge in [-0.1, -0.05) is 48.8 Å². The minimum absolute atomic E-state index is 0.220. The number of hydrogen-bond donors (Lipinski definition) is 0. The largest absolute Gasteiger partial charge is 0.252 e. The van der Waals surface area contributed by atoms with Gasteiger partial charge in [-0.15, -0.1) is 10.2 Å². The molecule has 1 aromatic heterocycles. The average molecular weight is 351 g/mol. The first-order valence-corrected chi connectivity index (χ1v) is 9.44. The molecule has 4 rings (SSSR count). The topological polar surface area (TPSA) is 34.0 Å². The number of thioether (sulfide) groups is 2. The van der Waals surface area contributed by atoms with E-state index in [0.717, 1.165) is 35.3 Å². The third-order valence-electron chi connectivity index (χ3n) is 3.74. The van der Waals surface area contributed by atoms with Gasteiger partial charge >= 0.3 is 0 Å². The lowest BCUT2D eigenvalue weighted by Gasteiger charge is -2.25. The van der Waals surface area contributed by atoms with Gasteiger partial charge in [0.2, 0.25) is 5.16 Å². The van der Waals surface area contributed by atoms with E-state index in [-0.39, 0.29) is 5.37 Å². The molecule has 3 heterocycles. The lowest BCUT2D eigenvalue weighted by molar-refractivity contribution is 0.591. The number of rotatable bonds is 4. The van der Waals surface area contributed by atoms with Crippen LogP contribution in [0.5, 0.6) is 0 Å². The van der Waals surface area contributed by atoms with Crippen molar-refractivity contribution < 1.29 is 0 Å². The van der Waals surface area contributed by atoms with Crippen molar-refractivity contribution in [1.29, 1.82) is 0 Å². The molecule has 2 aliphatic rings. The molecule has 2 aromatic rings. The quantitative estimate of drug-likeness (QED) is 0.807. The van der Waals surface area contributed by atoms with Gasteiger partial charge in [0, 0.05) is 16.9 Å². The molecule has 0 fully saturated rings. The minimum Gasteiger partial charge on any atom is -0.252 e. The molecule has 7 heteroatoms. The van der Waals surface area contributed by atoms with E-state index in [1.54, 1.807) is 11.8 Å². The molecule has 0 spiro atoms. The molecule has 0 saturated carbocycles. The lowest BCUT2D eigenvalue weighted by atomic mass is 10.2.